The number of aromatic nitrogens is 1. The van der Waals surface area contributed by atoms with Crippen LogP contribution in [0.2, 0.25) is 0 Å². The van der Waals surface area contributed by atoms with Crippen LogP contribution in [0.4, 0.5) is 0 Å². The number of nitrogens with one attached hydrogen (secondary N) is 1. The number of thioether (sulfide) groups is 1. The summed E-state index contributed by atoms with van der Waals surface area (Å²) in [5.74, 6) is 0.924. The first kappa shape index (κ1) is 15.3. The standard InChI is InChI=1S/C15H19BrN2O2S/c1-20-14(19)15(10-4-5-10,18-11-6-7-11)9-21-13-12(16)3-2-8-17-13/h2-3,8,10-11,18H,4-7,9H2,1H3. The lowest BCUT2D eigenvalue weighted by Crippen LogP contribution is -2.57. The number of methoxy groups -OCH3 is 1. The Kier molecular flexibility index (Phi) is 4.57. The van der Waals surface area contributed by atoms with E-state index in [1.807, 2.05) is 12.1 Å². The lowest BCUT2D eigenvalue weighted by Gasteiger charge is -2.32. The number of rotatable bonds is 7. The summed E-state index contributed by atoms with van der Waals surface area (Å²) in [6, 6.07) is 4.34. The van der Waals surface area contributed by atoms with Crippen LogP contribution in [-0.2, 0) is 9.53 Å². The molecule has 21 heavy (non-hydrogen) atoms. The van der Waals surface area contributed by atoms with Crippen molar-refractivity contribution in [2.75, 3.05) is 12.9 Å². The lowest BCUT2D eigenvalue weighted by molar-refractivity contribution is -0.148. The maximum absolute atomic E-state index is 12.5. The molecular formula is C15H19BrN2O2S. The van der Waals surface area contributed by atoms with Gasteiger partial charge in [0.1, 0.15) is 10.6 Å². The summed E-state index contributed by atoms with van der Waals surface area (Å²) >= 11 is 5.13. The highest BCUT2D eigenvalue weighted by Gasteiger charge is 2.53. The average Bonchev–Trinajstić information content (AvgIpc) is 3.37. The SMILES string of the molecule is COC(=O)C(CSc1ncccc1Br)(NC1CC1)C1CC1. The number of esters is 1. The predicted molar refractivity (Wildman–Crippen MR) is 86.3 cm³/mol. The van der Waals surface area contributed by atoms with Crippen LogP contribution in [0, 0.1) is 5.92 Å². The lowest BCUT2D eigenvalue weighted by atomic mass is 9.95. The van der Waals surface area contributed by atoms with E-state index in [0.29, 0.717) is 17.7 Å². The molecule has 1 N–H and O–H groups in total. The van der Waals surface area contributed by atoms with Crippen molar-refractivity contribution in [1.82, 2.24) is 10.3 Å². The van der Waals surface area contributed by atoms with Gasteiger partial charge in [0.05, 0.1) is 7.11 Å². The number of nitrogens with zero attached hydrogens (tertiary/aromatic N) is 1. The topological polar surface area (TPSA) is 51.2 Å². The van der Waals surface area contributed by atoms with Gasteiger partial charge in [0.15, 0.2) is 0 Å². The molecule has 2 fully saturated rings. The number of carbonyl (C=O) groups is 1. The molecule has 1 atom stereocenters. The van der Waals surface area contributed by atoms with E-state index in [2.05, 4.69) is 26.2 Å². The summed E-state index contributed by atoms with van der Waals surface area (Å²) in [5, 5.41) is 4.49. The molecule has 0 bridgehead atoms. The predicted octanol–water partition coefficient (Wildman–Crippen LogP) is 3.01. The van der Waals surface area contributed by atoms with Crippen LogP contribution >= 0.6 is 27.7 Å². The van der Waals surface area contributed by atoms with E-state index >= 15 is 0 Å². The van der Waals surface area contributed by atoms with Gasteiger partial charge >= 0.3 is 5.97 Å². The third-order valence-electron chi connectivity index (χ3n) is 4.02. The molecule has 2 aliphatic rings. The Balaban J connectivity index is 1.77. The van der Waals surface area contributed by atoms with Crippen molar-refractivity contribution < 1.29 is 9.53 Å². The molecule has 6 heteroatoms. The highest BCUT2D eigenvalue weighted by molar-refractivity contribution is 9.10. The van der Waals surface area contributed by atoms with Gasteiger partial charge in [-0.2, -0.15) is 0 Å². The van der Waals surface area contributed by atoms with Crippen LogP contribution in [0.1, 0.15) is 25.7 Å². The second kappa shape index (κ2) is 6.26. The molecule has 1 heterocycles. The Morgan fingerprint density at radius 1 is 1.52 bits per heavy atom. The number of hydrogen-bond donors (Lipinski definition) is 1. The summed E-state index contributed by atoms with van der Waals surface area (Å²) in [7, 11) is 1.48. The van der Waals surface area contributed by atoms with Crippen molar-refractivity contribution in [2.45, 2.75) is 42.3 Å². The second-order valence-electron chi connectivity index (χ2n) is 5.73. The molecule has 0 aromatic carbocycles. The molecular weight excluding hydrogens is 352 g/mol. The van der Waals surface area contributed by atoms with E-state index in [1.165, 1.54) is 7.11 Å². The quantitative estimate of drug-likeness (QED) is 0.590. The molecule has 3 rings (SSSR count). The number of hydrogen-bond acceptors (Lipinski definition) is 5. The van der Waals surface area contributed by atoms with Crippen molar-refractivity contribution in [3.63, 3.8) is 0 Å². The van der Waals surface area contributed by atoms with Gasteiger partial charge in [0, 0.05) is 22.5 Å². The largest absolute Gasteiger partial charge is 0.468 e. The molecule has 0 aliphatic heterocycles. The number of pyridine rings is 1. The van der Waals surface area contributed by atoms with E-state index in [0.717, 1.165) is 35.2 Å². The summed E-state index contributed by atoms with van der Waals surface area (Å²) < 4.78 is 6.09. The fourth-order valence-corrected chi connectivity index (χ4v) is 4.31. The summed E-state index contributed by atoms with van der Waals surface area (Å²) in [4.78, 5) is 16.8. The molecule has 0 saturated heterocycles. The van der Waals surface area contributed by atoms with Gasteiger partial charge in [-0.05, 0) is 59.7 Å². The van der Waals surface area contributed by atoms with Crippen molar-refractivity contribution in [1.29, 1.82) is 0 Å². The number of carbonyl (C=O) groups excluding carboxylic acids is 1. The van der Waals surface area contributed by atoms with Crippen LogP contribution in [0.15, 0.2) is 27.8 Å². The summed E-state index contributed by atoms with van der Waals surface area (Å²) in [6.07, 6.45) is 6.28. The van der Waals surface area contributed by atoms with Crippen LogP contribution < -0.4 is 5.32 Å². The molecule has 114 valence electrons. The van der Waals surface area contributed by atoms with Gasteiger partial charge < -0.3 is 4.74 Å². The molecule has 1 unspecified atom stereocenters. The maximum Gasteiger partial charge on any atom is 0.327 e. The Morgan fingerprint density at radius 3 is 2.86 bits per heavy atom. The number of ether oxygens (including phenoxy) is 1. The first-order valence-electron chi connectivity index (χ1n) is 7.25. The zero-order chi connectivity index (χ0) is 14.9. The van der Waals surface area contributed by atoms with E-state index in [4.69, 9.17) is 4.74 Å². The summed E-state index contributed by atoms with van der Waals surface area (Å²) in [6.45, 7) is 0. The fourth-order valence-electron chi connectivity index (χ4n) is 2.57. The van der Waals surface area contributed by atoms with E-state index in [9.17, 15) is 4.79 Å². The van der Waals surface area contributed by atoms with E-state index in [1.54, 1.807) is 18.0 Å². The molecule has 1 aromatic heterocycles. The van der Waals surface area contributed by atoms with Crippen molar-refractivity contribution >= 4 is 33.7 Å². The Labute approximate surface area is 137 Å². The Morgan fingerprint density at radius 2 is 2.29 bits per heavy atom. The highest BCUT2D eigenvalue weighted by atomic mass is 79.9. The second-order valence-corrected chi connectivity index (χ2v) is 7.55. The van der Waals surface area contributed by atoms with Gasteiger partial charge in [-0.15, -0.1) is 11.8 Å². The third-order valence-corrected chi connectivity index (χ3v) is 6.13. The summed E-state index contributed by atoms with van der Waals surface area (Å²) in [5.41, 5.74) is -0.558. The maximum atomic E-state index is 12.5. The first-order chi connectivity index (χ1) is 10.2. The third kappa shape index (κ3) is 3.43. The van der Waals surface area contributed by atoms with Gasteiger partial charge in [-0.25, -0.2) is 4.98 Å². The fraction of sp³-hybridized carbons (Fsp3) is 0.600. The van der Waals surface area contributed by atoms with E-state index in [-0.39, 0.29) is 5.97 Å². The van der Waals surface area contributed by atoms with Crippen molar-refractivity contribution in [3.8, 4) is 0 Å². The molecule has 2 aliphatic carbocycles. The number of halogens is 1. The van der Waals surface area contributed by atoms with Crippen LogP contribution in [-0.4, -0.2) is 35.4 Å². The van der Waals surface area contributed by atoms with E-state index < -0.39 is 5.54 Å². The van der Waals surface area contributed by atoms with Gasteiger partial charge in [0.2, 0.25) is 0 Å². The molecule has 0 radical (unpaired) electrons. The average molecular weight is 371 g/mol. The monoisotopic (exact) mass is 370 g/mol. The minimum atomic E-state index is -0.558. The van der Waals surface area contributed by atoms with Gasteiger partial charge in [0.25, 0.3) is 0 Å². The Bertz CT molecular complexity index is 534. The zero-order valence-electron chi connectivity index (χ0n) is 12.0. The minimum absolute atomic E-state index is 0.128. The van der Waals surface area contributed by atoms with Crippen LogP contribution in [0.25, 0.3) is 0 Å². The van der Waals surface area contributed by atoms with Crippen molar-refractivity contribution in [3.05, 3.63) is 22.8 Å². The van der Waals surface area contributed by atoms with Gasteiger partial charge in [-0.3, -0.25) is 10.1 Å². The van der Waals surface area contributed by atoms with Crippen LogP contribution in [0.3, 0.4) is 0 Å². The van der Waals surface area contributed by atoms with Gasteiger partial charge in [-0.1, -0.05) is 0 Å². The molecule has 1 aromatic rings. The zero-order valence-corrected chi connectivity index (χ0v) is 14.4. The molecule has 0 spiro atoms. The highest BCUT2D eigenvalue weighted by Crippen LogP contribution is 2.45. The van der Waals surface area contributed by atoms with Crippen molar-refractivity contribution in [2.24, 2.45) is 5.92 Å². The molecule has 0 amide bonds. The molecule has 4 nitrogen and oxygen atoms in total. The smallest absolute Gasteiger partial charge is 0.327 e. The Hall–Kier alpha value is -0.590. The minimum Gasteiger partial charge on any atom is -0.468 e. The first-order valence-corrected chi connectivity index (χ1v) is 9.03. The van der Waals surface area contributed by atoms with Crippen LogP contribution in [0.5, 0.6) is 0 Å². The normalized spacial score (nSPS) is 20.9. The molecule has 2 saturated carbocycles.